The molecule has 1 aliphatic rings. The van der Waals surface area contributed by atoms with E-state index in [4.69, 9.17) is 5.73 Å². The zero-order chi connectivity index (χ0) is 11.8. The van der Waals surface area contributed by atoms with Crippen molar-refractivity contribution in [1.29, 1.82) is 0 Å². The highest BCUT2D eigenvalue weighted by Gasteiger charge is 2.31. The standard InChI is InChI=1S/C10H16N2O2S2/c1-7(11)9-6-12-10(15-9)5-8-3-2-4-16(8,13)14/h6-8H,2-5,11H2,1H3. The van der Waals surface area contributed by atoms with Crippen molar-refractivity contribution in [2.24, 2.45) is 5.73 Å². The molecule has 2 heterocycles. The summed E-state index contributed by atoms with van der Waals surface area (Å²) in [6.45, 7) is 1.91. The van der Waals surface area contributed by atoms with Crippen LogP contribution in [0.5, 0.6) is 0 Å². The summed E-state index contributed by atoms with van der Waals surface area (Å²) >= 11 is 1.53. The first kappa shape index (κ1) is 12.0. The third-order valence-electron chi connectivity index (χ3n) is 2.89. The molecule has 6 heteroatoms. The molecule has 1 fully saturated rings. The Morgan fingerprint density at radius 2 is 2.44 bits per heavy atom. The van der Waals surface area contributed by atoms with Gasteiger partial charge in [0.1, 0.15) is 0 Å². The zero-order valence-corrected chi connectivity index (χ0v) is 10.9. The third kappa shape index (κ3) is 2.44. The Labute approximate surface area is 99.8 Å². The van der Waals surface area contributed by atoms with Crippen LogP contribution in [0.25, 0.3) is 0 Å². The Bertz CT molecular complexity index is 465. The maximum absolute atomic E-state index is 11.7. The molecule has 2 rings (SSSR count). The Morgan fingerprint density at radius 3 is 2.94 bits per heavy atom. The topological polar surface area (TPSA) is 73.0 Å². The van der Waals surface area contributed by atoms with E-state index in [0.29, 0.717) is 12.2 Å². The Kier molecular flexibility index (Phi) is 3.32. The van der Waals surface area contributed by atoms with Crippen molar-refractivity contribution >= 4 is 21.2 Å². The molecular formula is C10H16N2O2S2. The lowest BCUT2D eigenvalue weighted by Gasteiger charge is -2.05. The Morgan fingerprint density at radius 1 is 1.69 bits per heavy atom. The molecule has 0 aliphatic carbocycles. The first-order valence-corrected chi connectivity index (χ1v) is 7.94. The maximum atomic E-state index is 11.7. The molecule has 0 saturated carbocycles. The molecule has 1 aliphatic heterocycles. The second kappa shape index (κ2) is 4.43. The van der Waals surface area contributed by atoms with Crippen molar-refractivity contribution in [2.45, 2.75) is 37.5 Å². The Balaban J connectivity index is 2.09. The molecule has 0 radical (unpaired) electrons. The van der Waals surface area contributed by atoms with Crippen LogP contribution in [0, 0.1) is 0 Å². The highest BCUT2D eigenvalue weighted by molar-refractivity contribution is 7.92. The van der Waals surface area contributed by atoms with Crippen LogP contribution in [0.1, 0.15) is 35.7 Å². The number of sulfone groups is 1. The lowest BCUT2D eigenvalue weighted by atomic mass is 10.2. The van der Waals surface area contributed by atoms with E-state index in [-0.39, 0.29) is 11.3 Å². The van der Waals surface area contributed by atoms with E-state index in [1.807, 2.05) is 6.92 Å². The smallest absolute Gasteiger partial charge is 0.153 e. The largest absolute Gasteiger partial charge is 0.323 e. The quantitative estimate of drug-likeness (QED) is 0.888. The molecule has 0 spiro atoms. The fourth-order valence-corrected chi connectivity index (χ4v) is 4.81. The number of nitrogens with zero attached hydrogens (tertiary/aromatic N) is 1. The van der Waals surface area contributed by atoms with Crippen LogP contribution in [0.2, 0.25) is 0 Å². The summed E-state index contributed by atoms with van der Waals surface area (Å²) in [4.78, 5) is 5.26. The molecule has 1 saturated heterocycles. The van der Waals surface area contributed by atoms with Gasteiger partial charge in [0.15, 0.2) is 9.84 Å². The van der Waals surface area contributed by atoms with Gasteiger partial charge in [-0.25, -0.2) is 13.4 Å². The summed E-state index contributed by atoms with van der Waals surface area (Å²) in [7, 11) is -2.86. The van der Waals surface area contributed by atoms with Gasteiger partial charge >= 0.3 is 0 Å². The van der Waals surface area contributed by atoms with Gasteiger partial charge in [-0.05, 0) is 19.8 Å². The minimum absolute atomic E-state index is 0.0218. The van der Waals surface area contributed by atoms with Crippen molar-refractivity contribution in [2.75, 3.05) is 5.75 Å². The minimum Gasteiger partial charge on any atom is -0.323 e. The van der Waals surface area contributed by atoms with E-state index in [2.05, 4.69) is 4.98 Å². The summed E-state index contributed by atoms with van der Waals surface area (Å²) in [5.41, 5.74) is 5.74. The normalized spacial score (nSPS) is 25.8. The number of hydrogen-bond donors (Lipinski definition) is 1. The highest BCUT2D eigenvalue weighted by atomic mass is 32.2. The zero-order valence-electron chi connectivity index (χ0n) is 9.22. The van der Waals surface area contributed by atoms with Crippen LogP contribution in [-0.2, 0) is 16.3 Å². The van der Waals surface area contributed by atoms with E-state index in [1.54, 1.807) is 6.20 Å². The predicted octanol–water partition coefficient (Wildman–Crippen LogP) is 1.28. The van der Waals surface area contributed by atoms with Crippen LogP contribution in [-0.4, -0.2) is 24.4 Å². The summed E-state index contributed by atoms with van der Waals surface area (Å²) in [6, 6.07) is -0.0218. The molecule has 90 valence electrons. The molecule has 1 aromatic rings. The van der Waals surface area contributed by atoms with Crippen molar-refractivity contribution in [3.63, 3.8) is 0 Å². The van der Waals surface area contributed by atoms with Crippen LogP contribution in [0.3, 0.4) is 0 Å². The van der Waals surface area contributed by atoms with Crippen molar-refractivity contribution in [1.82, 2.24) is 4.98 Å². The van der Waals surface area contributed by atoms with E-state index in [0.717, 1.165) is 22.7 Å². The van der Waals surface area contributed by atoms with E-state index < -0.39 is 9.84 Å². The Hall–Kier alpha value is -0.460. The molecule has 2 atom stereocenters. The SMILES string of the molecule is CC(N)c1cnc(CC2CCCS2(=O)=O)s1. The van der Waals surface area contributed by atoms with Gasteiger partial charge in [-0.2, -0.15) is 0 Å². The molecule has 1 aromatic heterocycles. The number of rotatable bonds is 3. The van der Waals surface area contributed by atoms with Gasteiger partial charge in [-0.1, -0.05) is 0 Å². The number of aromatic nitrogens is 1. The fourth-order valence-electron chi connectivity index (χ4n) is 1.91. The first-order chi connectivity index (χ1) is 7.49. The van der Waals surface area contributed by atoms with Gasteiger partial charge in [-0.3, -0.25) is 0 Å². The van der Waals surface area contributed by atoms with E-state index >= 15 is 0 Å². The molecule has 2 N–H and O–H groups in total. The van der Waals surface area contributed by atoms with Gasteiger partial charge in [0, 0.05) is 23.5 Å². The molecular weight excluding hydrogens is 244 g/mol. The second-order valence-electron chi connectivity index (χ2n) is 4.28. The van der Waals surface area contributed by atoms with Crippen LogP contribution in [0.4, 0.5) is 0 Å². The lowest BCUT2D eigenvalue weighted by Crippen LogP contribution is -2.18. The molecule has 2 unspecified atom stereocenters. The summed E-state index contributed by atoms with van der Waals surface area (Å²) in [5.74, 6) is 0.336. The maximum Gasteiger partial charge on any atom is 0.153 e. The van der Waals surface area contributed by atoms with Crippen LogP contribution < -0.4 is 5.73 Å². The van der Waals surface area contributed by atoms with Crippen LogP contribution in [0.15, 0.2) is 6.20 Å². The molecule has 0 amide bonds. The van der Waals surface area contributed by atoms with Crippen molar-refractivity contribution < 1.29 is 8.42 Å². The second-order valence-corrected chi connectivity index (χ2v) is 7.83. The molecule has 16 heavy (non-hydrogen) atoms. The summed E-state index contributed by atoms with van der Waals surface area (Å²) in [6.07, 6.45) is 3.87. The van der Waals surface area contributed by atoms with E-state index in [9.17, 15) is 8.42 Å². The van der Waals surface area contributed by atoms with Gasteiger partial charge in [-0.15, -0.1) is 11.3 Å². The fraction of sp³-hybridized carbons (Fsp3) is 0.700. The molecule has 4 nitrogen and oxygen atoms in total. The summed E-state index contributed by atoms with van der Waals surface area (Å²) < 4.78 is 23.3. The number of thiazole rings is 1. The number of nitrogens with two attached hydrogens (primary N) is 1. The average molecular weight is 260 g/mol. The van der Waals surface area contributed by atoms with Crippen molar-refractivity contribution in [3.05, 3.63) is 16.1 Å². The van der Waals surface area contributed by atoms with Gasteiger partial charge in [0.05, 0.1) is 16.0 Å². The minimum atomic E-state index is -2.86. The number of hydrogen-bond acceptors (Lipinski definition) is 5. The highest BCUT2D eigenvalue weighted by Crippen LogP contribution is 2.26. The van der Waals surface area contributed by atoms with Crippen LogP contribution >= 0.6 is 11.3 Å². The monoisotopic (exact) mass is 260 g/mol. The lowest BCUT2D eigenvalue weighted by molar-refractivity contribution is 0.588. The van der Waals surface area contributed by atoms with Crippen molar-refractivity contribution in [3.8, 4) is 0 Å². The molecule has 0 bridgehead atoms. The molecule has 0 aromatic carbocycles. The predicted molar refractivity (Wildman–Crippen MR) is 65.2 cm³/mol. The first-order valence-electron chi connectivity index (χ1n) is 5.41. The third-order valence-corrected chi connectivity index (χ3v) is 6.38. The van der Waals surface area contributed by atoms with Gasteiger partial charge in [0.2, 0.25) is 0 Å². The summed E-state index contributed by atoms with van der Waals surface area (Å²) in [5, 5.41) is 0.669. The average Bonchev–Trinajstić information content (AvgIpc) is 2.75. The van der Waals surface area contributed by atoms with Gasteiger partial charge in [0.25, 0.3) is 0 Å². The van der Waals surface area contributed by atoms with E-state index in [1.165, 1.54) is 11.3 Å². The van der Waals surface area contributed by atoms with Gasteiger partial charge < -0.3 is 5.73 Å².